The molecule has 8 aromatic carbocycles. The molecule has 0 bridgehead atoms. The van der Waals surface area contributed by atoms with Crippen molar-refractivity contribution in [3.05, 3.63) is 211 Å². The Morgan fingerprint density at radius 2 is 0.745 bits per heavy atom. The van der Waals surface area contributed by atoms with Gasteiger partial charge >= 0.3 is 0 Å². The monoisotopic (exact) mass is 705 g/mol. The third-order valence-corrected chi connectivity index (χ3v) is 12.1. The van der Waals surface area contributed by atoms with Crippen molar-refractivity contribution in [1.29, 1.82) is 0 Å². The fourth-order valence-electron chi connectivity index (χ4n) is 9.65. The molecule has 0 radical (unpaired) electrons. The molecule has 2 aliphatic rings. The van der Waals surface area contributed by atoms with Gasteiger partial charge in [0.05, 0.1) is 11.4 Å². The van der Waals surface area contributed by atoms with Crippen LogP contribution in [0.5, 0.6) is 0 Å². The summed E-state index contributed by atoms with van der Waals surface area (Å²) < 4.78 is 0. The molecular weight excluding hydrogens is 663 g/mol. The molecule has 1 nitrogen and oxygen atoms in total. The Labute approximate surface area is 325 Å². The summed E-state index contributed by atoms with van der Waals surface area (Å²) in [5, 5.41) is 0. The van der Waals surface area contributed by atoms with Gasteiger partial charge in [0.1, 0.15) is 0 Å². The van der Waals surface area contributed by atoms with Crippen LogP contribution in [0.2, 0.25) is 0 Å². The van der Waals surface area contributed by atoms with Crippen LogP contribution in [0.1, 0.15) is 43.2 Å². The van der Waals surface area contributed by atoms with Gasteiger partial charge in [-0.2, -0.15) is 0 Å². The molecule has 0 unspecified atom stereocenters. The van der Waals surface area contributed by atoms with Crippen molar-refractivity contribution in [3.63, 3.8) is 0 Å². The number of rotatable bonds is 7. The zero-order chi connectivity index (χ0) is 36.6. The van der Waals surface area contributed by atoms with Gasteiger partial charge in [-0.3, -0.25) is 0 Å². The summed E-state index contributed by atoms with van der Waals surface area (Å²) in [7, 11) is 0. The van der Waals surface area contributed by atoms with E-state index in [0.29, 0.717) is 0 Å². The van der Waals surface area contributed by atoms with E-state index in [1.807, 2.05) is 0 Å². The summed E-state index contributed by atoms with van der Waals surface area (Å²) in [6, 6.07) is 73.9. The highest BCUT2D eigenvalue weighted by Crippen LogP contribution is 2.57. The smallest absolute Gasteiger partial charge is 0.0540 e. The first-order valence-corrected chi connectivity index (χ1v) is 19.8. The molecule has 8 aromatic rings. The Balaban J connectivity index is 1.21. The topological polar surface area (TPSA) is 3.24 Å². The molecule has 0 amide bonds. The quantitative estimate of drug-likeness (QED) is 0.160. The molecule has 0 saturated heterocycles. The first-order chi connectivity index (χ1) is 27.3. The van der Waals surface area contributed by atoms with Gasteiger partial charge in [-0.1, -0.05) is 195 Å². The van der Waals surface area contributed by atoms with Gasteiger partial charge in [-0.05, 0) is 92.7 Å². The average molecular weight is 706 g/mol. The van der Waals surface area contributed by atoms with E-state index in [1.165, 1.54) is 105 Å². The minimum absolute atomic E-state index is 0.0536. The van der Waals surface area contributed by atoms with E-state index >= 15 is 0 Å². The third kappa shape index (κ3) is 5.70. The fourth-order valence-corrected chi connectivity index (χ4v) is 9.65. The number of nitrogens with zero attached hydrogens (tertiary/aromatic N) is 1. The Bertz CT molecular complexity index is 2630. The second kappa shape index (κ2) is 14.1. The van der Waals surface area contributed by atoms with Gasteiger partial charge < -0.3 is 4.90 Å². The van der Waals surface area contributed by atoms with E-state index < -0.39 is 0 Å². The highest BCUT2D eigenvalue weighted by molar-refractivity contribution is 5.99. The summed E-state index contributed by atoms with van der Waals surface area (Å²) in [6.45, 7) is 0. The highest BCUT2D eigenvalue weighted by atomic mass is 15.1. The summed E-state index contributed by atoms with van der Waals surface area (Å²) in [4.78, 5) is 2.54. The Hall–Kier alpha value is -6.44. The van der Waals surface area contributed by atoms with Crippen molar-refractivity contribution in [2.24, 2.45) is 0 Å². The minimum Gasteiger partial charge on any atom is -0.309 e. The molecule has 264 valence electrons. The molecule has 1 heteroatoms. The maximum absolute atomic E-state index is 2.55. The Kier molecular flexibility index (Phi) is 8.49. The lowest BCUT2D eigenvalue weighted by Gasteiger charge is -2.37. The van der Waals surface area contributed by atoms with Crippen molar-refractivity contribution < 1.29 is 0 Å². The molecule has 0 aromatic heterocycles. The van der Waals surface area contributed by atoms with Crippen molar-refractivity contribution in [2.75, 3.05) is 4.90 Å². The molecular formula is C54H43N. The fraction of sp³-hybridized carbons (Fsp3) is 0.111. The first-order valence-electron chi connectivity index (χ1n) is 19.8. The summed E-state index contributed by atoms with van der Waals surface area (Å²) in [5.74, 6) is 0. The second-order valence-electron chi connectivity index (χ2n) is 15.1. The molecule has 2 aliphatic carbocycles. The van der Waals surface area contributed by atoms with E-state index in [-0.39, 0.29) is 5.41 Å². The molecule has 10 rings (SSSR count). The average Bonchev–Trinajstić information content (AvgIpc) is 3.53. The minimum atomic E-state index is 0.0536. The lowest BCUT2D eigenvalue weighted by Crippen LogP contribution is -2.28. The van der Waals surface area contributed by atoms with Crippen LogP contribution in [0.3, 0.4) is 0 Å². The third-order valence-electron chi connectivity index (χ3n) is 12.1. The van der Waals surface area contributed by atoms with Crippen LogP contribution in [0.15, 0.2) is 200 Å². The van der Waals surface area contributed by atoms with E-state index in [9.17, 15) is 0 Å². The predicted octanol–water partition coefficient (Wildman–Crippen LogP) is 15.1. The van der Waals surface area contributed by atoms with Gasteiger partial charge in [0.2, 0.25) is 0 Å². The van der Waals surface area contributed by atoms with Crippen LogP contribution in [0.4, 0.5) is 17.1 Å². The SMILES string of the molecule is c1ccc(-c2ccccc2-c2ccccc2-c2ccccc2N(c2ccc3c(c2)C2(CCCCC2)c2ccccc2-3)c2ccccc2-c2ccccc2)cc1. The molecule has 1 spiro atoms. The van der Waals surface area contributed by atoms with Crippen LogP contribution in [-0.4, -0.2) is 0 Å². The molecule has 0 heterocycles. The van der Waals surface area contributed by atoms with Crippen molar-refractivity contribution in [1.82, 2.24) is 0 Å². The number of fused-ring (bicyclic) bond motifs is 5. The van der Waals surface area contributed by atoms with Crippen molar-refractivity contribution in [2.45, 2.75) is 37.5 Å². The molecule has 55 heavy (non-hydrogen) atoms. The van der Waals surface area contributed by atoms with Crippen molar-refractivity contribution in [3.8, 4) is 55.6 Å². The number of anilines is 3. The lowest BCUT2D eigenvalue weighted by atomic mass is 9.68. The normalized spacial score (nSPS) is 14.0. The summed E-state index contributed by atoms with van der Waals surface area (Å²) >= 11 is 0. The van der Waals surface area contributed by atoms with Gasteiger partial charge in [0, 0.05) is 22.2 Å². The Morgan fingerprint density at radius 3 is 1.40 bits per heavy atom. The van der Waals surface area contributed by atoms with Crippen LogP contribution in [0.25, 0.3) is 55.6 Å². The molecule has 0 aliphatic heterocycles. The van der Waals surface area contributed by atoms with Crippen molar-refractivity contribution >= 4 is 17.1 Å². The van der Waals surface area contributed by atoms with Crippen LogP contribution >= 0.6 is 0 Å². The van der Waals surface area contributed by atoms with Crippen LogP contribution in [-0.2, 0) is 5.41 Å². The second-order valence-corrected chi connectivity index (χ2v) is 15.1. The number of benzene rings is 8. The number of hydrogen-bond donors (Lipinski definition) is 0. The zero-order valence-corrected chi connectivity index (χ0v) is 31.0. The van der Waals surface area contributed by atoms with E-state index in [2.05, 4.69) is 205 Å². The predicted molar refractivity (Wildman–Crippen MR) is 232 cm³/mol. The molecule has 1 saturated carbocycles. The van der Waals surface area contributed by atoms with Crippen LogP contribution < -0.4 is 4.90 Å². The largest absolute Gasteiger partial charge is 0.309 e. The maximum Gasteiger partial charge on any atom is 0.0540 e. The van der Waals surface area contributed by atoms with Crippen LogP contribution in [0, 0.1) is 0 Å². The standard InChI is InChI=1S/C54H43N/c1-4-20-39(21-5-1)42-24-8-9-26-44(42)45-27-10-11-28-46(45)49-30-14-17-33-53(49)55(52-32-16-13-25-43(52)40-22-6-2-7-23-40)41-34-35-48-47-29-12-15-31-50(47)54(51(48)38-41)36-18-3-19-37-54/h1-2,4-17,20-35,38H,3,18-19,36-37H2. The Morgan fingerprint density at radius 1 is 0.309 bits per heavy atom. The maximum atomic E-state index is 2.55. The first kappa shape index (κ1) is 33.2. The van der Waals surface area contributed by atoms with Gasteiger partial charge in [0.15, 0.2) is 0 Å². The van der Waals surface area contributed by atoms with Gasteiger partial charge in [-0.25, -0.2) is 0 Å². The summed E-state index contributed by atoms with van der Waals surface area (Å²) in [5.41, 5.74) is 19.1. The van der Waals surface area contributed by atoms with Gasteiger partial charge in [-0.15, -0.1) is 0 Å². The highest BCUT2D eigenvalue weighted by Gasteiger charge is 2.44. The van der Waals surface area contributed by atoms with E-state index in [0.717, 1.165) is 11.4 Å². The molecule has 1 fully saturated rings. The zero-order valence-electron chi connectivity index (χ0n) is 31.0. The van der Waals surface area contributed by atoms with E-state index in [4.69, 9.17) is 0 Å². The number of para-hydroxylation sites is 2. The summed E-state index contributed by atoms with van der Waals surface area (Å²) in [6.07, 6.45) is 6.25. The number of hydrogen-bond acceptors (Lipinski definition) is 1. The molecule has 0 atom stereocenters. The lowest BCUT2D eigenvalue weighted by molar-refractivity contribution is 0.353. The van der Waals surface area contributed by atoms with E-state index in [1.54, 1.807) is 0 Å². The molecule has 0 N–H and O–H groups in total. The van der Waals surface area contributed by atoms with Gasteiger partial charge in [0.25, 0.3) is 0 Å².